The van der Waals surface area contributed by atoms with E-state index in [1.807, 2.05) is 19.1 Å². The first-order valence-corrected chi connectivity index (χ1v) is 6.69. The van der Waals surface area contributed by atoms with Crippen molar-refractivity contribution in [3.05, 3.63) is 33.8 Å². The van der Waals surface area contributed by atoms with Crippen LogP contribution in [0, 0.1) is 6.92 Å². The van der Waals surface area contributed by atoms with Crippen molar-refractivity contribution in [1.82, 2.24) is 10.2 Å². The van der Waals surface area contributed by atoms with Crippen LogP contribution in [0.5, 0.6) is 0 Å². The fourth-order valence-electron chi connectivity index (χ4n) is 1.94. The van der Waals surface area contributed by atoms with E-state index in [-0.39, 0.29) is 18.4 Å². The molecule has 2 amide bonds. The smallest absolute Gasteiger partial charge is 0.255 e. The molecule has 4 nitrogen and oxygen atoms in total. The minimum absolute atomic E-state index is 0.0934. The van der Waals surface area contributed by atoms with Crippen LogP contribution in [0.3, 0.4) is 0 Å². The van der Waals surface area contributed by atoms with Crippen LogP contribution in [-0.4, -0.2) is 36.3 Å². The molecular weight excluding hydrogens is 296 g/mol. The summed E-state index contributed by atoms with van der Waals surface area (Å²) in [5.41, 5.74) is 1.70. The highest BCUT2D eigenvalue weighted by Crippen LogP contribution is 2.20. The van der Waals surface area contributed by atoms with Crippen molar-refractivity contribution in [2.75, 3.05) is 19.6 Å². The second-order valence-electron chi connectivity index (χ2n) is 4.41. The van der Waals surface area contributed by atoms with Crippen molar-refractivity contribution in [3.8, 4) is 0 Å². The minimum Gasteiger partial charge on any atom is -0.354 e. The van der Waals surface area contributed by atoms with Crippen LogP contribution in [-0.2, 0) is 4.79 Å². The highest BCUT2D eigenvalue weighted by molar-refractivity contribution is 9.10. The van der Waals surface area contributed by atoms with Gasteiger partial charge in [0.15, 0.2) is 0 Å². The Labute approximate surface area is 114 Å². The number of aryl methyl sites for hydroxylation is 1. The third-order valence-electron chi connectivity index (χ3n) is 2.90. The molecule has 0 spiro atoms. The molecule has 1 aromatic carbocycles. The first-order chi connectivity index (χ1) is 8.58. The van der Waals surface area contributed by atoms with Gasteiger partial charge in [0, 0.05) is 17.6 Å². The number of amides is 2. The van der Waals surface area contributed by atoms with Crippen molar-refractivity contribution < 1.29 is 9.59 Å². The standard InChI is InChI=1S/C13H15BrN2O2/c1-9-3-4-10(11(14)7-9)13(18)16-6-2-5-15-12(17)8-16/h3-4,7H,2,5-6,8H2,1H3,(H,15,17). The molecule has 1 heterocycles. The molecule has 0 aliphatic carbocycles. The highest BCUT2D eigenvalue weighted by atomic mass is 79.9. The van der Waals surface area contributed by atoms with Gasteiger partial charge in [-0.2, -0.15) is 0 Å². The largest absolute Gasteiger partial charge is 0.354 e. The molecule has 1 aliphatic heterocycles. The van der Waals surface area contributed by atoms with Gasteiger partial charge in [-0.25, -0.2) is 0 Å². The summed E-state index contributed by atoms with van der Waals surface area (Å²) in [6.45, 7) is 3.35. The summed E-state index contributed by atoms with van der Waals surface area (Å²) in [5.74, 6) is -0.192. The zero-order valence-electron chi connectivity index (χ0n) is 10.2. The molecule has 0 radical (unpaired) electrons. The van der Waals surface area contributed by atoms with Crippen LogP contribution >= 0.6 is 15.9 Å². The predicted molar refractivity (Wildman–Crippen MR) is 72.4 cm³/mol. The quantitative estimate of drug-likeness (QED) is 0.858. The predicted octanol–water partition coefficient (Wildman–Crippen LogP) is 1.72. The van der Waals surface area contributed by atoms with Crippen LogP contribution in [0.1, 0.15) is 22.3 Å². The summed E-state index contributed by atoms with van der Waals surface area (Å²) >= 11 is 3.40. The van der Waals surface area contributed by atoms with Gasteiger partial charge in [-0.1, -0.05) is 6.07 Å². The van der Waals surface area contributed by atoms with Crippen LogP contribution in [0.4, 0.5) is 0 Å². The van der Waals surface area contributed by atoms with Crippen LogP contribution < -0.4 is 5.32 Å². The molecule has 0 unspecified atom stereocenters. The van der Waals surface area contributed by atoms with Crippen LogP contribution in [0.25, 0.3) is 0 Å². The van der Waals surface area contributed by atoms with Gasteiger partial charge in [-0.15, -0.1) is 0 Å². The number of carbonyl (C=O) groups is 2. The van der Waals surface area contributed by atoms with E-state index in [0.717, 1.165) is 16.5 Å². The molecule has 0 saturated carbocycles. The second kappa shape index (κ2) is 5.52. The van der Waals surface area contributed by atoms with Crippen molar-refractivity contribution in [1.29, 1.82) is 0 Å². The van der Waals surface area contributed by atoms with Gasteiger partial charge in [0.05, 0.1) is 12.1 Å². The molecule has 0 atom stereocenters. The molecule has 1 aromatic rings. The maximum Gasteiger partial charge on any atom is 0.255 e. The minimum atomic E-state index is -0.0982. The van der Waals surface area contributed by atoms with E-state index >= 15 is 0 Å². The molecule has 96 valence electrons. The lowest BCUT2D eigenvalue weighted by atomic mass is 10.1. The van der Waals surface area contributed by atoms with E-state index in [9.17, 15) is 9.59 Å². The average molecular weight is 311 g/mol. The average Bonchev–Trinajstić information content (AvgIpc) is 2.53. The Balaban J connectivity index is 2.21. The van der Waals surface area contributed by atoms with Crippen molar-refractivity contribution in [2.45, 2.75) is 13.3 Å². The zero-order valence-corrected chi connectivity index (χ0v) is 11.8. The molecule has 0 aromatic heterocycles. The maximum atomic E-state index is 12.3. The van der Waals surface area contributed by atoms with Gasteiger partial charge >= 0.3 is 0 Å². The lowest BCUT2D eigenvalue weighted by Gasteiger charge is -2.19. The van der Waals surface area contributed by atoms with E-state index in [0.29, 0.717) is 18.7 Å². The number of carbonyl (C=O) groups excluding carboxylic acids is 2. The molecule has 0 bridgehead atoms. The van der Waals surface area contributed by atoms with E-state index < -0.39 is 0 Å². The molecule has 2 rings (SSSR count). The SMILES string of the molecule is Cc1ccc(C(=O)N2CCCNC(=O)C2)c(Br)c1. The highest BCUT2D eigenvalue weighted by Gasteiger charge is 2.22. The molecular formula is C13H15BrN2O2. The van der Waals surface area contributed by atoms with Gasteiger partial charge in [0.2, 0.25) is 5.91 Å². The Morgan fingerprint density at radius 3 is 2.94 bits per heavy atom. The fourth-order valence-corrected chi connectivity index (χ4v) is 2.61. The summed E-state index contributed by atoms with van der Waals surface area (Å²) < 4.78 is 0.775. The van der Waals surface area contributed by atoms with E-state index in [1.165, 1.54) is 0 Å². The Hall–Kier alpha value is -1.36. The first-order valence-electron chi connectivity index (χ1n) is 5.90. The number of hydrogen-bond acceptors (Lipinski definition) is 2. The summed E-state index contributed by atoms with van der Waals surface area (Å²) in [5, 5.41) is 2.76. The van der Waals surface area contributed by atoms with Gasteiger partial charge < -0.3 is 10.2 Å². The molecule has 1 saturated heterocycles. The third kappa shape index (κ3) is 2.90. The van der Waals surface area contributed by atoms with Crippen LogP contribution in [0.15, 0.2) is 22.7 Å². The lowest BCUT2D eigenvalue weighted by Crippen LogP contribution is -2.37. The Bertz CT molecular complexity index is 488. The molecule has 1 N–H and O–H groups in total. The van der Waals surface area contributed by atoms with E-state index in [1.54, 1.807) is 11.0 Å². The van der Waals surface area contributed by atoms with Crippen molar-refractivity contribution >= 4 is 27.7 Å². The maximum absolute atomic E-state index is 12.3. The fraction of sp³-hybridized carbons (Fsp3) is 0.385. The summed E-state index contributed by atoms with van der Waals surface area (Å²) in [4.78, 5) is 25.4. The Kier molecular flexibility index (Phi) is 4.01. The summed E-state index contributed by atoms with van der Waals surface area (Å²) in [6, 6.07) is 5.60. The number of benzene rings is 1. The van der Waals surface area contributed by atoms with E-state index in [4.69, 9.17) is 0 Å². The van der Waals surface area contributed by atoms with Gasteiger partial charge in [-0.3, -0.25) is 9.59 Å². The summed E-state index contributed by atoms with van der Waals surface area (Å²) in [7, 11) is 0. The number of halogens is 1. The monoisotopic (exact) mass is 310 g/mol. The molecule has 5 heteroatoms. The van der Waals surface area contributed by atoms with Gasteiger partial charge in [0.1, 0.15) is 0 Å². The van der Waals surface area contributed by atoms with Crippen LogP contribution in [0.2, 0.25) is 0 Å². The number of rotatable bonds is 1. The topological polar surface area (TPSA) is 49.4 Å². The Morgan fingerprint density at radius 2 is 2.22 bits per heavy atom. The first kappa shape index (κ1) is 13.1. The molecule has 18 heavy (non-hydrogen) atoms. The third-order valence-corrected chi connectivity index (χ3v) is 3.56. The van der Waals surface area contributed by atoms with Crippen molar-refractivity contribution in [2.24, 2.45) is 0 Å². The number of nitrogens with one attached hydrogen (secondary N) is 1. The number of hydrogen-bond donors (Lipinski definition) is 1. The van der Waals surface area contributed by atoms with Crippen molar-refractivity contribution in [3.63, 3.8) is 0 Å². The number of nitrogens with zero attached hydrogens (tertiary/aromatic N) is 1. The Morgan fingerprint density at radius 1 is 1.44 bits per heavy atom. The molecule has 1 fully saturated rings. The zero-order chi connectivity index (χ0) is 13.1. The second-order valence-corrected chi connectivity index (χ2v) is 5.27. The van der Waals surface area contributed by atoms with Gasteiger partial charge in [-0.05, 0) is 47.0 Å². The molecule has 1 aliphatic rings. The van der Waals surface area contributed by atoms with Gasteiger partial charge in [0.25, 0.3) is 5.91 Å². The van der Waals surface area contributed by atoms with E-state index in [2.05, 4.69) is 21.2 Å². The summed E-state index contributed by atoms with van der Waals surface area (Å²) in [6.07, 6.45) is 0.793. The lowest BCUT2D eigenvalue weighted by molar-refractivity contribution is -0.121. The normalized spacial score (nSPS) is 16.1.